The van der Waals surface area contributed by atoms with Crippen molar-refractivity contribution in [2.24, 2.45) is 0 Å². The number of pyridine rings is 1. The maximum atomic E-state index is 12.5. The van der Waals surface area contributed by atoms with Crippen LogP contribution in [0.4, 0.5) is 0 Å². The number of benzene rings is 1. The summed E-state index contributed by atoms with van der Waals surface area (Å²) in [5, 5.41) is 0. The monoisotopic (exact) mass is 292 g/mol. The lowest BCUT2D eigenvalue weighted by atomic mass is 10.2. The van der Waals surface area contributed by atoms with Crippen molar-refractivity contribution < 1.29 is 8.42 Å². The van der Waals surface area contributed by atoms with E-state index in [0.29, 0.717) is 13.1 Å². The highest BCUT2D eigenvalue weighted by molar-refractivity contribution is 7.89. The number of aromatic amines is 1. The minimum absolute atomic E-state index is 0.0925. The van der Waals surface area contributed by atoms with E-state index in [4.69, 9.17) is 0 Å². The standard InChI is InChI=1S/C14H16N2O3S/c1-2-16(11-12-6-4-3-5-7-12)20(18,19)13-8-9-14(17)15-10-13/h3-10H,2,11H2,1H3,(H,15,17). The minimum atomic E-state index is -3.60. The molecule has 0 fully saturated rings. The van der Waals surface area contributed by atoms with Gasteiger partial charge in [-0.2, -0.15) is 4.31 Å². The molecule has 1 aromatic carbocycles. The van der Waals surface area contributed by atoms with Crippen LogP contribution in [0.1, 0.15) is 12.5 Å². The van der Waals surface area contributed by atoms with Gasteiger partial charge in [0.2, 0.25) is 15.6 Å². The molecule has 0 saturated carbocycles. The first-order chi connectivity index (χ1) is 9.54. The highest BCUT2D eigenvalue weighted by atomic mass is 32.2. The van der Waals surface area contributed by atoms with Crippen LogP contribution < -0.4 is 5.56 Å². The summed E-state index contributed by atoms with van der Waals surface area (Å²) >= 11 is 0. The Morgan fingerprint density at radius 1 is 1.10 bits per heavy atom. The molecular formula is C14H16N2O3S. The van der Waals surface area contributed by atoms with Crippen molar-refractivity contribution in [3.8, 4) is 0 Å². The molecule has 2 aromatic rings. The van der Waals surface area contributed by atoms with Crippen LogP contribution in [0.15, 0.2) is 58.4 Å². The van der Waals surface area contributed by atoms with Crippen LogP contribution in [0.3, 0.4) is 0 Å². The summed E-state index contributed by atoms with van der Waals surface area (Å²) in [4.78, 5) is 13.5. The van der Waals surface area contributed by atoms with E-state index in [1.807, 2.05) is 30.3 Å². The fourth-order valence-electron chi connectivity index (χ4n) is 1.86. The molecular weight excluding hydrogens is 276 g/mol. The van der Waals surface area contributed by atoms with Crippen LogP contribution in [0.5, 0.6) is 0 Å². The molecule has 0 atom stereocenters. The van der Waals surface area contributed by atoms with Gasteiger partial charge in [0.25, 0.3) is 0 Å². The van der Waals surface area contributed by atoms with E-state index in [1.54, 1.807) is 6.92 Å². The Balaban J connectivity index is 2.30. The lowest BCUT2D eigenvalue weighted by Crippen LogP contribution is -2.30. The van der Waals surface area contributed by atoms with Crippen LogP contribution in [-0.2, 0) is 16.6 Å². The van der Waals surface area contributed by atoms with Crippen molar-refractivity contribution in [1.82, 2.24) is 9.29 Å². The predicted molar refractivity (Wildman–Crippen MR) is 76.8 cm³/mol. The molecule has 106 valence electrons. The van der Waals surface area contributed by atoms with Gasteiger partial charge >= 0.3 is 0 Å². The van der Waals surface area contributed by atoms with E-state index in [9.17, 15) is 13.2 Å². The molecule has 1 N–H and O–H groups in total. The molecule has 5 nitrogen and oxygen atoms in total. The molecule has 1 heterocycles. The molecule has 6 heteroatoms. The Kier molecular flexibility index (Phi) is 4.36. The second-order valence-corrected chi connectivity index (χ2v) is 6.24. The van der Waals surface area contributed by atoms with Gasteiger partial charge in [0.1, 0.15) is 0 Å². The van der Waals surface area contributed by atoms with Gasteiger partial charge in [-0.3, -0.25) is 4.79 Å². The third-order valence-electron chi connectivity index (χ3n) is 2.95. The Bertz CT molecular complexity index is 703. The molecule has 0 unspecified atom stereocenters. The van der Waals surface area contributed by atoms with E-state index >= 15 is 0 Å². The van der Waals surface area contributed by atoms with Crippen molar-refractivity contribution in [3.05, 3.63) is 64.6 Å². The van der Waals surface area contributed by atoms with E-state index < -0.39 is 10.0 Å². The predicted octanol–water partition coefficient (Wildman–Crippen LogP) is 1.59. The zero-order valence-corrected chi connectivity index (χ0v) is 11.9. The van der Waals surface area contributed by atoms with E-state index in [2.05, 4.69) is 4.98 Å². The van der Waals surface area contributed by atoms with Gasteiger partial charge in [0, 0.05) is 25.4 Å². The molecule has 0 aliphatic carbocycles. The summed E-state index contributed by atoms with van der Waals surface area (Å²) < 4.78 is 26.3. The summed E-state index contributed by atoms with van der Waals surface area (Å²) in [6, 6.07) is 11.9. The van der Waals surface area contributed by atoms with Gasteiger partial charge in [-0.05, 0) is 11.6 Å². The lowest BCUT2D eigenvalue weighted by Gasteiger charge is -2.20. The molecule has 0 bridgehead atoms. The normalized spacial score (nSPS) is 11.7. The fraction of sp³-hybridized carbons (Fsp3) is 0.214. The molecule has 0 aliphatic rings. The maximum Gasteiger partial charge on any atom is 0.247 e. The smallest absolute Gasteiger partial charge is 0.247 e. The van der Waals surface area contributed by atoms with Crippen molar-refractivity contribution in [2.75, 3.05) is 6.54 Å². The number of sulfonamides is 1. The number of rotatable bonds is 5. The van der Waals surface area contributed by atoms with Crippen molar-refractivity contribution in [3.63, 3.8) is 0 Å². The number of hydrogen-bond acceptors (Lipinski definition) is 3. The van der Waals surface area contributed by atoms with Crippen LogP contribution in [0.2, 0.25) is 0 Å². The molecule has 0 amide bonds. The number of H-pyrrole nitrogens is 1. The lowest BCUT2D eigenvalue weighted by molar-refractivity contribution is 0.423. The SMILES string of the molecule is CCN(Cc1ccccc1)S(=O)(=O)c1ccc(=O)[nH]c1. The summed E-state index contributed by atoms with van der Waals surface area (Å²) in [6.07, 6.45) is 1.23. The average molecular weight is 292 g/mol. The number of nitrogens with zero attached hydrogens (tertiary/aromatic N) is 1. The van der Waals surface area contributed by atoms with Gasteiger partial charge < -0.3 is 4.98 Å². The number of nitrogens with one attached hydrogen (secondary N) is 1. The minimum Gasteiger partial charge on any atom is -0.328 e. The summed E-state index contributed by atoms with van der Waals surface area (Å²) in [5.41, 5.74) is 0.595. The molecule has 2 rings (SSSR count). The third kappa shape index (κ3) is 3.15. The molecule has 1 aromatic heterocycles. The first-order valence-corrected chi connectivity index (χ1v) is 7.71. The van der Waals surface area contributed by atoms with Crippen LogP contribution in [-0.4, -0.2) is 24.3 Å². The summed E-state index contributed by atoms with van der Waals surface area (Å²) in [7, 11) is -3.60. The quantitative estimate of drug-likeness (QED) is 0.909. The van der Waals surface area contributed by atoms with Gasteiger partial charge in [-0.1, -0.05) is 37.3 Å². The largest absolute Gasteiger partial charge is 0.328 e. The molecule has 0 spiro atoms. The average Bonchev–Trinajstić information content (AvgIpc) is 2.46. The van der Waals surface area contributed by atoms with Gasteiger partial charge in [0.15, 0.2) is 0 Å². The topological polar surface area (TPSA) is 70.2 Å². The zero-order valence-electron chi connectivity index (χ0n) is 11.1. The van der Waals surface area contributed by atoms with Gasteiger partial charge in [-0.15, -0.1) is 0 Å². The Labute approximate surface area is 117 Å². The summed E-state index contributed by atoms with van der Waals surface area (Å²) in [6.45, 7) is 2.45. The zero-order chi connectivity index (χ0) is 14.6. The van der Waals surface area contributed by atoms with Crippen molar-refractivity contribution in [2.45, 2.75) is 18.4 Å². The van der Waals surface area contributed by atoms with Gasteiger partial charge in [-0.25, -0.2) is 8.42 Å². The van der Waals surface area contributed by atoms with E-state index in [0.717, 1.165) is 5.56 Å². The molecule has 20 heavy (non-hydrogen) atoms. The Morgan fingerprint density at radius 3 is 2.35 bits per heavy atom. The molecule has 0 aliphatic heterocycles. The van der Waals surface area contributed by atoms with Crippen LogP contribution >= 0.6 is 0 Å². The second kappa shape index (κ2) is 6.02. The number of aromatic nitrogens is 1. The Morgan fingerprint density at radius 2 is 1.80 bits per heavy atom. The molecule has 0 saturated heterocycles. The van der Waals surface area contributed by atoms with Gasteiger partial charge in [0.05, 0.1) is 4.90 Å². The van der Waals surface area contributed by atoms with E-state index in [-0.39, 0.29) is 10.5 Å². The fourth-order valence-corrected chi connectivity index (χ4v) is 3.26. The van der Waals surface area contributed by atoms with Crippen LogP contribution in [0, 0.1) is 0 Å². The second-order valence-electron chi connectivity index (χ2n) is 4.31. The van der Waals surface area contributed by atoms with Crippen molar-refractivity contribution in [1.29, 1.82) is 0 Å². The highest BCUT2D eigenvalue weighted by Gasteiger charge is 2.23. The van der Waals surface area contributed by atoms with Crippen molar-refractivity contribution >= 4 is 10.0 Å². The number of hydrogen-bond donors (Lipinski definition) is 1. The summed E-state index contributed by atoms with van der Waals surface area (Å²) in [5.74, 6) is 0. The van der Waals surface area contributed by atoms with E-state index in [1.165, 1.54) is 22.6 Å². The highest BCUT2D eigenvalue weighted by Crippen LogP contribution is 2.16. The first-order valence-electron chi connectivity index (χ1n) is 6.27. The van der Waals surface area contributed by atoms with Crippen LogP contribution in [0.25, 0.3) is 0 Å². The Hall–Kier alpha value is -1.92. The molecule has 0 radical (unpaired) electrons. The first kappa shape index (κ1) is 14.5. The third-order valence-corrected chi connectivity index (χ3v) is 4.86. The maximum absolute atomic E-state index is 12.5.